The zero-order chi connectivity index (χ0) is 10.8. The molecule has 0 amide bonds. The summed E-state index contributed by atoms with van der Waals surface area (Å²) in [6.45, 7) is 2.11. The van der Waals surface area contributed by atoms with Crippen LogP contribution < -0.4 is 0 Å². The van der Waals surface area contributed by atoms with E-state index in [1.54, 1.807) is 0 Å². The van der Waals surface area contributed by atoms with Gasteiger partial charge < -0.3 is 0 Å². The van der Waals surface area contributed by atoms with Crippen molar-refractivity contribution in [1.82, 2.24) is 0 Å². The predicted octanol–water partition coefficient (Wildman–Crippen LogP) is 3.44. The van der Waals surface area contributed by atoms with Crippen molar-refractivity contribution in [3.63, 3.8) is 0 Å². The van der Waals surface area contributed by atoms with Crippen LogP contribution in [0.25, 0.3) is 0 Å². The first-order valence-corrected chi connectivity index (χ1v) is 7.13. The predicted molar refractivity (Wildman–Crippen MR) is 71.6 cm³/mol. The van der Waals surface area contributed by atoms with E-state index < -0.39 is 3.96 Å². The van der Waals surface area contributed by atoms with Gasteiger partial charge in [0.25, 0.3) is 0 Å². The fourth-order valence-electron chi connectivity index (χ4n) is 1.61. The van der Waals surface area contributed by atoms with E-state index in [4.69, 9.17) is 23.2 Å². The molecule has 78 valence electrons. The third-order valence-electron chi connectivity index (χ3n) is 2.27. The summed E-state index contributed by atoms with van der Waals surface area (Å²) in [7, 11) is 0.769. The molecule has 0 saturated heterocycles. The minimum atomic E-state index is -0.574. The smallest absolute Gasteiger partial charge is 0.104 e. The van der Waals surface area contributed by atoms with Gasteiger partial charge >= 0.3 is 0 Å². The van der Waals surface area contributed by atoms with Crippen LogP contribution in [0.5, 0.6) is 0 Å². The van der Waals surface area contributed by atoms with Crippen molar-refractivity contribution >= 4 is 49.4 Å². The first-order chi connectivity index (χ1) is 6.45. The van der Waals surface area contributed by atoms with Gasteiger partial charge in [-0.2, -0.15) is 0 Å². The molecule has 0 radical (unpaired) electrons. The average molecular weight is 312 g/mol. The van der Waals surface area contributed by atoms with Crippen molar-refractivity contribution in [2.45, 2.75) is 23.2 Å². The number of rotatable bonds is 3. The van der Waals surface area contributed by atoms with Crippen LogP contribution in [0.1, 0.15) is 24.8 Å². The lowest BCUT2D eigenvalue weighted by molar-refractivity contribution is 0.678. The maximum Gasteiger partial charge on any atom is 0.104 e. The van der Waals surface area contributed by atoms with Gasteiger partial charge in [-0.3, -0.25) is 0 Å². The van der Waals surface area contributed by atoms with E-state index in [0.717, 1.165) is 21.1 Å². The first kappa shape index (κ1) is 12.6. The molecule has 0 spiro atoms. The maximum absolute atomic E-state index is 6.20. The van der Waals surface area contributed by atoms with E-state index in [0.29, 0.717) is 0 Å². The van der Waals surface area contributed by atoms with Gasteiger partial charge in [-0.05, 0) is 24.1 Å². The van der Waals surface area contributed by atoms with E-state index >= 15 is 0 Å². The van der Waals surface area contributed by atoms with Crippen LogP contribution in [0.2, 0.25) is 0 Å². The minimum absolute atomic E-state index is 0.231. The van der Waals surface area contributed by atoms with Crippen LogP contribution in [0.15, 0.2) is 28.7 Å². The molecular weight excluding hydrogens is 299 g/mol. The SMILES string of the molecule is CCC(c1cccc(Br)c1)C([SiH3])(Cl)Cl. The average Bonchev–Trinajstić information content (AvgIpc) is 2.02. The summed E-state index contributed by atoms with van der Waals surface area (Å²) in [5, 5.41) is 0. The Hall–Kier alpha value is 0.497. The Bertz CT molecular complexity index is 309. The lowest BCUT2D eigenvalue weighted by Crippen LogP contribution is -2.23. The second kappa shape index (κ2) is 5.02. The Morgan fingerprint density at radius 2 is 2.14 bits per heavy atom. The molecule has 1 aromatic rings. The summed E-state index contributed by atoms with van der Waals surface area (Å²) >= 11 is 15.8. The third-order valence-corrected chi connectivity index (χ3v) is 3.99. The van der Waals surface area contributed by atoms with E-state index in [-0.39, 0.29) is 5.92 Å². The van der Waals surface area contributed by atoms with Crippen molar-refractivity contribution in [2.24, 2.45) is 0 Å². The Labute approximate surface area is 107 Å². The molecule has 0 aliphatic rings. The highest BCUT2D eigenvalue weighted by Gasteiger charge is 2.29. The summed E-state index contributed by atoms with van der Waals surface area (Å²) in [5.74, 6) is 0.231. The quantitative estimate of drug-likeness (QED) is 0.592. The van der Waals surface area contributed by atoms with Crippen molar-refractivity contribution in [1.29, 1.82) is 0 Å². The van der Waals surface area contributed by atoms with Gasteiger partial charge in [0, 0.05) is 20.6 Å². The highest BCUT2D eigenvalue weighted by Crippen LogP contribution is 2.38. The molecule has 1 atom stereocenters. The molecule has 0 heterocycles. The third kappa shape index (κ3) is 3.26. The molecule has 0 aliphatic carbocycles. The number of alkyl halides is 2. The second-order valence-corrected chi connectivity index (χ2v) is 9.00. The summed E-state index contributed by atoms with van der Waals surface area (Å²) in [4.78, 5) is 0. The number of benzene rings is 1. The molecule has 1 unspecified atom stereocenters. The van der Waals surface area contributed by atoms with Gasteiger partial charge in [0.15, 0.2) is 0 Å². The van der Waals surface area contributed by atoms with Gasteiger partial charge in [-0.25, -0.2) is 0 Å². The van der Waals surface area contributed by atoms with E-state index in [2.05, 4.69) is 35.0 Å². The van der Waals surface area contributed by atoms with Gasteiger partial charge in [0.05, 0.1) is 0 Å². The molecule has 0 aliphatic heterocycles. The summed E-state index contributed by atoms with van der Waals surface area (Å²) in [5.41, 5.74) is 1.21. The Balaban J connectivity index is 3.01. The number of halogens is 3. The topological polar surface area (TPSA) is 0 Å². The zero-order valence-corrected chi connectivity index (χ0v) is 13.3. The monoisotopic (exact) mass is 310 g/mol. The minimum Gasteiger partial charge on any atom is -0.106 e. The van der Waals surface area contributed by atoms with Crippen LogP contribution in [-0.2, 0) is 0 Å². The molecule has 0 N–H and O–H groups in total. The molecule has 14 heavy (non-hydrogen) atoms. The largest absolute Gasteiger partial charge is 0.106 e. The van der Waals surface area contributed by atoms with E-state index in [1.807, 2.05) is 12.1 Å². The summed E-state index contributed by atoms with van der Waals surface area (Å²) in [6.07, 6.45) is 0.965. The lowest BCUT2D eigenvalue weighted by Gasteiger charge is -2.25. The summed E-state index contributed by atoms with van der Waals surface area (Å²) in [6, 6.07) is 8.19. The highest BCUT2D eigenvalue weighted by molar-refractivity contribution is 9.10. The van der Waals surface area contributed by atoms with Crippen LogP contribution in [0.4, 0.5) is 0 Å². The zero-order valence-electron chi connectivity index (χ0n) is 8.23. The van der Waals surface area contributed by atoms with Crippen LogP contribution >= 0.6 is 39.1 Å². The van der Waals surface area contributed by atoms with Gasteiger partial charge in [-0.1, -0.05) is 35.0 Å². The van der Waals surface area contributed by atoms with Crippen molar-refractivity contribution < 1.29 is 0 Å². The molecule has 1 rings (SSSR count). The van der Waals surface area contributed by atoms with Crippen LogP contribution in [0.3, 0.4) is 0 Å². The summed E-state index contributed by atoms with van der Waals surface area (Å²) < 4.78 is 0.503. The van der Waals surface area contributed by atoms with Crippen molar-refractivity contribution in [3.8, 4) is 0 Å². The van der Waals surface area contributed by atoms with Crippen LogP contribution in [-0.4, -0.2) is 14.2 Å². The molecule has 0 saturated carbocycles. The fraction of sp³-hybridized carbons (Fsp3) is 0.400. The Morgan fingerprint density at radius 1 is 1.50 bits per heavy atom. The fourth-order valence-corrected chi connectivity index (χ4v) is 3.33. The molecule has 0 bridgehead atoms. The lowest BCUT2D eigenvalue weighted by atomic mass is 9.98. The normalized spacial score (nSPS) is 14.3. The van der Waals surface area contributed by atoms with E-state index in [1.165, 1.54) is 5.56 Å². The Kier molecular flexibility index (Phi) is 4.50. The van der Waals surface area contributed by atoms with Crippen molar-refractivity contribution in [2.75, 3.05) is 0 Å². The first-order valence-electron chi connectivity index (χ1n) is 4.58. The second-order valence-electron chi connectivity index (χ2n) is 3.47. The molecular formula is C10H13BrCl2Si. The maximum atomic E-state index is 6.20. The number of hydrogen-bond acceptors (Lipinski definition) is 0. The molecule has 1 aromatic carbocycles. The van der Waals surface area contributed by atoms with Gasteiger partial charge in [0.2, 0.25) is 0 Å². The molecule has 0 nitrogen and oxygen atoms in total. The van der Waals surface area contributed by atoms with Gasteiger partial charge in [0.1, 0.15) is 3.96 Å². The number of hydrogen-bond donors (Lipinski definition) is 0. The standard InChI is InChI=1S/C10H13BrCl2Si/c1-2-9(10(12,13)14)7-4-3-5-8(11)6-7/h3-6,9H,2H2,1,14H3. The van der Waals surface area contributed by atoms with E-state index in [9.17, 15) is 0 Å². The van der Waals surface area contributed by atoms with Crippen LogP contribution in [0, 0.1) is 0 Å². The van der Waals surface area contributed by atoms with Gasteiger partial charge in [-0.15, -0.1) is 23.2 Å². The van der Waals surface area contributed by atoms with Crippen molar-refractivity contribution in [3.05, 3.63) is 34.3 Å². The molecule has 0 aromatic heterocycles. The Morgan fingerprint density at radius 3 is 2.57 bits per heavy atom. The highest BCUT2D eigenvalue weighted by atomic mass is 79.9. The molecule has 4 heteroatoms. The molecule has 0 fully saturated rings.